The Morgan fingerprint density at radius 2 is 1.82 bits per heavy atom. The highest BCUT2D eigenvalue weighted by Gasteiger charge is 2.42. The zero-order valence-electron chi connectivity index (χ0n) is 16.3. The van der Waals surface area contributed by atoms with Crippen molar-refractivity contribution in [2.75, 3.05) is 26.2 Å². The van der Waals surface area contributed by atoms with E-state index >= 15 is 0 Å². The quantitative estimate of drug-likeness (QED) is 0.802. The Morgan fingerprint density at radius 1 is 1.11 bits per heavy atom. The van der Waals surface area contributed by atoms with Crippen LogP contribution in [0.4, 0.5) is 0 Å². The Labute approximate surface area is 173 Å². The van der Waals surface area contributed by atoms with Crippen LogP contribution in [0.25, 0.3) is 0 Å². The number of likely N-dealkylation sites (tertiary alicyclic amines) is 1. The van der Waals surface area contributed by atoms with Crippen LogP contribution in [0.5, 0.6) is 0 Å². The summed E-state index contributed by atoms with van der Waals surface area (Å²) in [6.07, 6.45) is 4.99. The summed E-state index contributed by atoms with van der Waals surface area (Å²) in [7, 11) is -3.55. The SMILES string of the molecule is Cc1ccc(C(=O)N2CC3CCC(N)C3C2)cc1S(=O)(=O)N1CCCCC1.Cl. The third kappa shape index (κ3) is 3.82. The molecule has 2 heterocycles. The van der Waals surface area contributed by atoms with Gasteiger partial charge in [0.2, 0.25) is 10.0 Å². The van der Waals surface area contributed by atoms with Crippen molar-refractivity contribution >= 4 is 28.3 Å². The standard InChI is InChI=1S/C20H29N3O3S.ClH/c1-14-5-6-15(11-19(14)27(25,26)23-9-3-2-4-10-23)20(24)22-12-16-7-8-18(21)17(16)13-22;/h5-6,11,16-18H,2-4,7-10,12-13,21H2,1H3;1H. The molecule has 0 bridgehead atoms. The Hall–Kier alpha value is -1.15. The second-order valence-electron chi connectivity index (χ2n) is 8.32. The summed E-state index contributed by atoms with van der Waals surface area (Å²) in [5, 5.41) is 0. The summed E-state index contributed by atoms with van der Waals surface area (Å²) in [6.45, 7) is 4.34. The molecular weight excluding hydrogens is 398 g/mol. The summed E-state index contributed by atoms with van der Waals surface area (Å²) >= 11 is 0. The van der Waals surface area contributed by atoms with Crippen molar-refractivity contribution in [3.05, 3.63) is 29.3 Å². The minimum absolute atomic E-state index is 0. The molecule has 156 valence electrons. The van der Waals surface area contributed by atoms with E-state index in [9.17, 15) is 13.2 Å². The maximum atomic E-state index is 13.1. The first-order valence-corrected chi connectivity index (χ1v) is 11.5. The lowest BCUT2D eigenvalue weighted by molar-refractivity contribution is 0.0779. The van der Waals surface area contributed by atoms with Gasteiger partial charge < -0.3 is 10.6 Å². The molecule has 8 heteroatoms. The summed E-state index contributed by atoms with van der Waals surface area (Å²) in [5.41, 5.74) is 7.34. The van der Waals surface area contributed by atoms with Gasteiger partial charge in [0.1, 0.15) is 0 Å². The molecule has 1 aromatic carbocycles. The van der Waals surface area contributed by atoms with E-state index in [1.165, 1.54) is 0 Å². The van der Waals surface area contributed by atoms with Crippen LogP contribution in [0.2, 0.25) is 0 Å². The summed E-state index contributed by atoms with van der Waals surface area (Å²) in [4.78, 5) is 15.2. The third-order valence-corrected chi connectivity index (χ3v) is 8.61. The van der Waals surface area contributed by atoms with E-state index in [0.717, 1.165) is 38.6 Å². The van der Waals surface area contributed by atoms with E-state index < -0.39 is 10.0 Å². The van der Waals surface area contributed by atoms with Crippen LogP contribution in [0.1, 0.15) is 48.0 Å². The van der Waals surface area contributed by atoms with Crippen LogP contribution < -0.4 is 5.73 Å². The van der Waals surface area contributed by atoms with Gasteiger partial charge in [-0.25, -0.2) is 8.42 Å². The van der Waals surface area contributed by atoms with Gasteiger partial charge in [0.25, 0.3) is 5.91 Å². The van der Waals surface area contributed by atoms with Crippen LogP contribution in [-0.4, -0.2) is 55.8 Å². The molecule has 3 atom stereocenters. The number of carbonyl (C=O) groups excluding carboxylic acids is 1. The predicted octanol–water partition coefficient (Wildman–Crippen LogP) is 2.40. The summed E-state index contributed by atoms with van der Waals surface area (Å²) in [5.74, 6) is 0.800. The molecule has 1 aromatic rings. The number of nitrogens with two attached hydrogens (primary N) is 1. The number of sulfonamides is 1. The Kier molecular flexibility index (Phi) is 6.39. The van der Waals surface area contributed by atoms with Crippen LogP contribution in [0.3, 0.4) is 0 Å². The second-order valence-corrected chi connectivity index (χ2v) is 10.2. The number of rotatable bonds is 3. The number of hydrogen-bond donors (Lipinski definition) is 1. The number of aryl methyl sites for hydroxylation is 1. The number of fused-ring (bicyclic) bond motifs is 1. The van der Waals surface area contributed by atoms with Gasteiger partial charge in [-0.3, -0.25) is 4.79 Å². The van der Waals surface area contributed by atoms with Gasteiger partial charge >= 0.3 is 0 Å². The average Bonchev–Trinajstić information content (AvgIpc) is 3.24. The average molecular weight is 428 g/mol. The van der Waals surface area contributed by atoms with E-state index in [-0.39, 0.29) is 29.3 Å². The monoisotopic (exact) mass is 427 g/mol. The molecule has 1 saturated carbocycles. The Bertz CT molecular complexity index is 839. The van der Waals surface area contributed by atoms with E-state index in [4.69, 9.17) is 5.73 Å². The first-order valence-electron chi connectivity index (χ1n) is 10.0. The van der Waals surface area contributed by atoms with Crippen molar-refractivity contribution in [2.24, 2.45) is 17.6 Å². The Balaban J connectivity index is 0.00000225. The fraction of sp³-hybridized carbons (Fsp3) is 0.650. The topological polar surface area (TPSA) is 83.7 Å². The molecule has 2 aliphatic heterocycles. The number of amides is 1. The highest BCUT2D eigenvalue weighted by Crippen LogP contribution is 2.37. The molecule has 4 rings (SSSR count). The zero-order chi connectivity index (χ0) is 19.2. The number of halogens is 1. The van der Waals surface area contributed by atoms with E-state index in [0.29, 0.717) is 42.6 Å². The second kappa shape index (κ2) is 8.30. The maximum absolute atomic E-state index is 13.1. The number of carbonyl (C=O) groups is 1. The van der Waals surface area contributed by atoms with E-state index in [1.54, 1.807) is 29.4 Å². The number of piperidine rings is 1. The molecular formula is C20H30ClN3O3S. The van der Waals surface area contributed by atoms with Gasteiger partial charge in [0.05, 0.1) is 4.90 Å². The molecule has 0 radical (unpaired) electrons. The van der Waals surface area contributed by atoms with Crippen molar-refractivity contribution in [1.82, 2.24) is 9.21 Å². The van der Waals surface area contributed by atoms with E-state index in [2.05, 4.69) is 0 Å². The van der Waals surface area contributed by atoms with E-state index in [1.807, 2.05) is 4.90 Å². The highest BCUT2D eigenvalue weighted by atomic mass is 35.5. The smallest absolute Gasteiger partial charge is 0.253 e. The van der Waals surface area contributed by atoms with Crippen LogP contribution in [0.15, 0.2) is 23.1 Å². The lowest BCUT2D eigenvalue weighted by Gasteiger charge is -2.27. The fourth-order valence-electron chi connectivity index (χ4n) is 4.91. The molecule has 1 aliphatic carbocycles. The maximum Gasteiger partial charge on any atom is 0.253 e. The van der Waals surface area contributed by atoms with Crippen LogP contribution in [-0.2, 0) is 10.0 Å². The molecule has 2 N–H and O–H groups in total. The number of nitrogens with zero attached hydrogens (tertiary/aromatic N) is 2. The lowest BCUT2D eigenvalue weighted by atomic mass is 9.98. The number of benzene rings is 1. The van der Waals surface area contributed by atoms with Crippen molar-refractivity contribution in [2.45, 2.75) is 50.0 Å². The molecule has 6 nitrogen and oxygen atoms in total. The lowest BCUT2D eigenvalue weighted by Crippen LogP contribution is -2.36. The molecule has 3 unspecified atom stereocenters. The minimum Gasteiger partial charge on any atom is -0.338 e. The molecule has 28 heavy (non-hydrogen) atoms. The number of hydrogen-bond acceptors (Lipinski definition) is 4. The van der Waals surface area contributed by atoms with Gasteiger partial charge in [-0.15, -0.1) is 12.4 Å². The zero-order valence-corrected chi connectivity index (χ0v) is 18.0. The first kappa shape index (κ1) is 21.6. The summed E-state index contributed by atoms with van der Waals surface area (Å²) in [6, 6.07) is 5.27. The third-order valence-electron chi connectivity index (χ3n) is 6.57. The largest absolute Gasteiger partial charge is 0.338 e. The predicted molar refractivity (Wildman–Crippen MR) is 111 cm³/mol. The summed E-state index contributed by atoms with van der Waals surface area (Å²) < 4.78 is 27.7. The van der Waals surface area contributed by atoms with Crippen molar-refractivity contribution in [3.63, 3.8) is 0 Å². The van der Waals surface area contributed by atoms with Gasteiger partial charge in [0.15, 0.2) is 0 Å². The molecule has 0 aromatic heterocycles. The molecule has 0 spiro atoms. The van der Waals surface area contributed by atoms with Crippen LogP contribution >= 0.6 is 12.4 Å². The molecule has 1 amide bonds. The van der Waals surface area contributed by atoms with Crippen molar-refractivity contribution in [1.29, 1.82) is 0 Å². The molecule has 3 aliphatic rings. The minimum atomic E-state index is -3.55. The first-order chi connectivity index (χ1) is 12.9. The fourth-order valence-corrected chi connectivity index (χ4v) is 6.68. The van der Waals surface area contributed by atoms with Crippen molar-refractivity contribution in [3.8, 4) is 0 Å². The highest BCUT2D eigenvalue weighted by molar-refractivity contribution is 7.89. The molecule has 2 saturated heterocycles. The normalized spacial score (nSPS) is 28.1. The molecule has 3 fully saturated rings. The van der Waals surface area contributed by atoms with Crippen molar-refractivity contribution < 1.29 is 13.2 Å². The Morgan fingerprint density at radius 3 is 2.50 bits per heavy atom. The van der Waals surface area contributed by atoms with Gasteiger partial charge in [0, 0.05) is 37.8 Å². The van der Waals surface area contributed by atoms with Gasteiger partial charge in [-0.1, -0.05) is 12.5 Å². The van der Waals surface area contributed by atoms with Gasteiger partial charge in [-0.05, 0) is 62.1 Å². The van der Waals surface area contributed by atoms with Gasteiger partial charge in [-0.2, -0.15) is 4.31 Å². The van der Waals surface area contributed by atoms with Crippen LogP contribution in [0, 0.1) is 18.8 Å².